The van der Waals surface area contributed by atoms with E-state index >= 15 is 0 Å². The van der Waals surface area contributed by atoms with Crippen LogP contribution < -0.4 is 10.1 Å². The molecule has 1 atom stereocenters. The van der Waals surface area contributed by atoms with Crippen molar-refractivity contribution in [2.75, 3.05) is 12.4 Å². The van der Waals surface area contributed by atoms with Gasteiger partial charge in [0, 0.05) is 6.04 Å². The van der Waals surface area contributed by atoms with Gasteiger partial charge >= 0.3 is 5.97 Å². The molecule has 0 saturated carbocycles. The predicted octanol–water partition coefficient (Wildman–Crippen LogP) is 3.73. The minimum Gasteiger partial charge on any atom is -0.495 e. The predicted molar refractivity (Wildman–Crippen MR) is 88.4 cm³/mol. The molecule has 1 aliphatic heterocycles. The quantitative estimate of drug-likeness (QED) is 0.902. The Bertz CT molecular complexity index is 694. The van der Waals surface area contributed by atoms with E-state index in [1.54, 1.807) is 7.11 Å². The topological polar surface area (TPSA) is 58.6 Å². The summed E-state index contributed by atoms with van der Waals surface area (Å²) in [5, 5.41) is 14.8. The molecule has 3 rings (SSSR count). The van der Waals surface area contributed by atoms with Crippen molar-refractivity contribution in [3.05, 3.63) is 45.1 Å². The summed E-state index contributed by atoms with van der Waals surface area (Å²) in [6.45, 7) is 1.98. The second-order valence-electron chi connectivity index (χ2n) is 5.61. The summed E-state index contributed by atoms with van der Waals surface area (Å²) < 4.78 is 5.43. The van der Waals surface area contributed by atoms with Crippen molar-refractivity contribution in [2.24, 2.45) is 0 Å². The van der Waals surface area contributed by atoms with Crippen LogP contribution in [0.15, 0.2) is 23.6 Å². The van der Waals surface area contributed by atoms with Crippen molar-refractivity contribution in [3.63, 3.8) is 0 Å². The van der Waals surface area contributed by atoms with Crippen LogP contribution in [-0.2, 0) is 12.8 Å². The van der Waals surface area contributed by atoms with E-state index < -0.39 is 5.97 Å². The SMILES string of the molecule is COc1cccc2c1NC(Cc1c(C)csc1C(=O)O)CC2. The lowest BCUT2D eigenvalue weighted by atomic mass is 9.92. The summed E-state index contributed by atoms with van der Waals surface area (Å²) in [5.41, 5.74) is 4.32. The number of thiophene rings is 1. The van der Waals surface area contributed by atoms with Crippen molar-refractivity contribution in [2.45, 2.75) is 32.2 Å². The molecule has 0 radical (unpaired) electrons. The molecule has 0 spiro atoms. The molecule has 1 unspecified atom stereocenters. The summed E-state index contributed by atoms with van der Waals surface area (Å²) in [4.78, 5) is 11.8. The number of para-hydroxylation sites is 1. The standard InChI is InChI=1S/C17H19NO3S/c1-10-9-22-16(17(19)20)13(10)8-12-7-6-11-4-3-5-14(21-2)15(11)18-12/h3-5,9,12,18H,6-8H2,1-2H3,(H,19,20). The van der Waals surface area contributed by atoms with Crippen molar-refractivity contribution in [1.82, 2.24) is 0 Å². The third-order valence-electron chi connectivity index (χ3n) is 4.19. The van der Waals surface area contributed by atoms with Crippen LogP contribution in [0, 0.1) is 6.92 Å². The Hall–Kier alpha value is -2.01. The van der Waals surface area contributed by atoms with Gasteiger partial charge in [-0.3, -0.25) is 0 Å². The summed E-state index contributed by atoms with van der Waals surface area (Å²) in [6.07, 6.45) is 2.71. The van der Waals surface area contributed by atoms with E-state index in [1.165, 1.54) is 16.9 Å². The molecule has 22 heavy (non-hydrogen) atoms. The number of carboxylic acids is 1. The maximum Gasteiger partial charge on any atom is 0.346 e. The number of carbonyl (C=O) groups is 1. The first kappa shape index (κ1) is 14.9. The third-order valence-corrected chi connectivity index (χ3v) is 5.32. The minimum absolute atomic E-state index is 0.232. The maximum atomic E-state index is 11.3. The van der Waals surface area contributed by atoms with Crippen molar-refractivity contribution in [3.8, 4) is 5.75 Å². The molecule has 4 nitrogen and oxygen atoms in total. The van der Waals surface area contributed by atoms with Crippen molar-refractivity contribution in [1.29, 1.82) is 0 Å². The van der Waals surface area contributed by atoms with Gasteiger partial charge in [-0.2, -0.15) is 0 Å². The molecule has 1 aromatic carbocycles. The normalized spacial score (nSPS) is 16.7. The Morgan fingerprint density at radius 3 is 3.05 bits per heavy atom. The zero-order valence-electron chi connectivity index (χ0n) is 12.7. The average molecular weight is 317 g/mol. The Kier molecular flexibility index (Phi) is 4.07. The number of ether oxygens (including phenoxy) is 1. The Morgan fingerprint density at radius 2 is 2.32 bits per heavy atom. The first-order valence-corrected chi connectivity index (χ1v) is 8.20. The smallest absolute Gasteiger partial charge is 0.346 e. The number of fused-ring (bicyclic) bond motifs is 1. The number of hydrogen-bond acceptors (Lipinski definition) is 4. The van der Waals surface area contributed by atoms with Crippen LogP contribution in [0.5, 0.6) is 5.75 Å². The lowest BCUT2D eigenvalue weighted by Gasteiger charge is -2.28. The number of anilines is 1. The van der Waals surface area contributed by atoms with Gasteiger partial charge in [0.05, 0.1) is 12.8 Å². The van der Waals surface area contributed by atoms with E-state index in [0.29, 0.717) is 4.88 Å². The molecule has 0 saturated heterocycles. The molecule has 1 aromatic heterocycles. The number of rotatable bonds is 4. The fourth-order valence-electron chi connectivity index (χ4n) is 3.03. The molecule has 1 aliphatic rings. The Balaban J connectivity index is 1.84. The highest BCUT2D eigenvalue weighted by atomic mass is 32.1. The van der Waals surface area contributed by atoms with Gasteiger partial charge in [0.25, 0.3) is 0 Å². The number of carboxylic acid groups (broad SMARTS) is 1. The van der Waals surface area contributed by atoms with Gasteiger partial charge in [-0.05, 0) is 54.3 Å². The van der Waals surface area contributed by atoms with E-state index in [4.69, 9.17) is 4.74 Å². The highest BCUT2D eigenvalue weighted by molar-refractivity contribution is 7.12. The number of benzene rings is 1. The third kappa shape index (κ3) is 2.68. The van der Waals surface area contributed by atoms with E-state index in [1.807, 2.05) is 24.4 Å². The fraction of sp³-hybridized carbons (Fsp3) is 0.353. The highest BCUT2D eigenvalue weighted by Crippen LogP contribution is 2.35. The van der Waals surface area contributed by atoms with Crippen LogP contribution in [-0.4, -0.2) is 24.2 Å². The summed E-state index contributed by atoms with van der Waals surface area (Å²) in [5.74, 6) is 0.0181. The number of hydrogen-bond donors (Lipinski definition) is 2. The molecule has 2 aromatic rings. The van der Waals surface area contributed by atoms with E-state index in [2.05, 4.69) is 11.4 Å². The largest absolute Gasteiger partial charge is 0.495 e. The zero-order chi connectivity index (χ0) is 15.7. The molecule has 2 heterocycles. The van der Waals surface area contributed by atoms with Crippen LogP contribution >= 0.6 is 11.3 Å². The van der Waals surface area contributed by atoms with Gasteiger partial charge < -0.3 is 15.2 Å². The lowest BCUT2D eigenvalue weighted by molar-refractivity contribution is 0.0701. The molecule has 5 heteroatoms. The second kappa shape index (κ2) is 6.01. The van der Waals surface area contributed by atoms with E-state index in [-0.39, 0.29) is 6.04 Å². The Morgan fingerprint density at radius 1 is 1.50 bits per heavy atom. The van der Waals surface area contributed by atoms with Crippen LogP contribution in [0.25, 0.3) is 0 Å². The molecular weight excluding hydrogens is 298 g/mol. The van der Waals surface area contributed by atoms with Crippen LogP contribution in [0.2, 0.25) is 0 Å². The summed E-state index contributed by atoms with van der Waals surface area (Å²) in [6, 6.07) is 6.30. The lowest BCUT2D eigenvalue weighted by Crippen LogP contribution is -2.28. The number of aryl methyl sites for hydroxylation is 2. The fourth-order valence-corrected chi connectivity index (χ4v) is 3.95. The van der Waals surface area contributed by atoms with Crippen LogP contribution in [0.3, 0.4) is 0 Å². The van der Waals surface area contributed by atoms with Gasteiger partial charge in [-0.15, -0.1) is 11.3 Å². The van der Waals surface area contributed by atoms with Crippen LogP contribution in [0.4, 0.5) is 5.69 Å². The first-order chi connectivity index (χ1) is 10.6. The maximum absolute atomic E-state index is 11.3. The molecule has 0 amide bonds. The summed E-state index contributed by atoms with van der Waals surface area (Å²) in [7, 11) is 1.67. The number of methoxy groups -OCH3 is 1. The van der Waals surface area contributed by atoms with Gasteiger partial charge in [0.15, 0.2) is 0 Å². The molecule has 0 aliphatic carbocycles. The van der Waals surface area contributed by atoms with E-state index in [9.17, 15) is 9.90 Å². The average Bonchev–Trinajstić information content (AvgIpc) is 2.88. The zero-order valence-corrected chi connectivity index (χ0v) is 13.5. The van der Waals surface area contributed by atoms with Crippen molar-refractivity contribution < 1.29 is 14.6 Å². The van der Waals surface area contributed by atoms with E-state index in [0.717, 1.165) is 41.8 Å². The van der Waals surface area contributed by atoms with Crippen LogP contribution in [0.1, 0.15) is 32.8 Å². The molecule has 0 fully saturated rings. The Labute approximate surface area is 133 Å². The molecule has 0 bridgehead atoms. The molecular formula is C17H19NO3S. The van der Waals surface area contributed by atoms with Gasteiger partial charge in [-0.1, -0.05) is 12.1 Å². The van der Waals surface area contributed by atoms with Gasteiger partial charge in [0.2, 0.25) is 0 Å². The minimum atomic E-state index is -0.832. The monoisotopic (exact) mass is 317 g/mol. The summed E-state index contributed by atoms with van der Waals surface area (Å²) >= 11 is 1.31. The van der Waals surface area contributed by atoms with Crippen molar-refractivity contribution >= 4 is 23.0 Å². The highest BCUT2D eigenvalue weighted by Gasteiger charge is 2.24. The van der Waals surface area contributed by atoms with Gasteiger partial charge in [0.1, 0.15) is 10.6 Å². The number of aromatic carboxylic acids is 1. The second-order valence-corrected chi connectivity index (χ2v) is 6.49. The first-order valence-electron chi connectivity index (χ1n) is 7.32. The number of nitrogens with one attached hydrogen (secondary N) is 1. The molecule has 116 valence electrons. The molecule has 2 N–H and O–H groups in total. The van der Waals surface area contributed by atoms with Gasteiger partial charge in [-0.25, -0.2) is 4.79 Å².